The van der Waals surface area contributed by atoms with Gasteiger partial charge in [0.2, 0.25) is 0 Å². The first kappa shape index (κ1) is 12.4. The monoisotopic (exact) mass is 259 g/mol. The van der Waals surface area contributed by atoms with E-state index < -0.39 is 0 Å². The van der Waals surface area contributed by atoms with Crippen LogP contribution in [0, 0.1) is 5.41 Å². The number of likely N-dealkylation sites (N-methyl/N-ethyl adjacent to an activating group) is 1. The number of hydrogen-bond donors (Lipinski definition) is 2. The fourth-order valence-electron chi connectivity index (χ4n) is 3.39. The summed E-state index contributed by atoms with van der Waals surface area (Å²) in [5.74, 6) is 0.125. The number of amidine groups is 1. The third-order valence-corrected chi connectivity index (χ3v) is 4.58. The summed E-state index contributed by atoms with van der Waals surface area (Å²) in [6.07, 6.45) is 7.32. The fraction of sp³-hybridized carbons (Fsp3) is 0.571. The van der Waals surface area contributed by atoms with Gasteiger partial charge in [-0.15, -0.1) is 0 Å². The van der Waals surface area contributed by atoms with E-state index >= 15 is 0 Å². The van der Waals surface area contributed by atoms with Crippen molar-refractivity contribution in [2.75, 3.05) is 25.0 Å². The van der Waals surface area contributed by atoms with E-state index in [0.717, 1.165) is 24.3 Å². The molecule has 0 aliphatic carbocycles. The molecule has 3 heterocycles. The SMILES string of the molecule is CN1C2CCC1CN(c1cnccc1C(=N)N)CC2. The van der Waals surface area contributed by atoms with Crippen LogP contribution < -0.4 is 10.6 Å². The highest BCUT2D eigenvalue weighted by molar-refractivity contribution is 6.00. The number of fused-ring (bicyclic) bond motifs is 2. The molecule has 5 nitrogen and oxygen atoms in total. The Bertz CT molecular complexity index is 486. The van der Waals surface area contributed by atoms with E-state index in [-0.39, 0.29) is 5.84 Å². The molecule has 2 aliphatic rings. The van der Waals surface area contributed by atoms with Crippen LogP contribution in [-0.4, -0.2) is 47.9 Å². The van der Waals surface area contributed by atoms with Gasteiger partial charge in [0, 0.05) is 36.9 Å². The topological polar surface area (TPSA) is 69.2 Å². The molecule has 0 aromatic carbocycles. The summed E-state index contributed by atoms with van der Waals surface area (Å²) in [6, 6.07) is 3.17. The molecule has 2 aliphatic heterocycles. The smallest absolute Gasteiger partial charge is 0.125 e. The molecular formula is C14H21N5. The third-order valence-electron chi connectivity index (χ3n) is 4.58. The first-order valence-electron chi connectivity index (χ1n) is 6.92. The van der Waals surface area contributed by atoms with Gasteiger partial charge in [-0.1, -0.05) is 0 Å². The Hall–Kier alpha value is -1.62. The van der Waals surface area contributed by atoms with E-state index in [0.29, 0.717) is 12.1 Å². The normalized spacial score (nSPS) is 27.3. The lowest BCUT2D eigenvalue weighted by molar-refractivity contribution is 0.254. The van der Waals surface area contributed by atoms with Crippen LogP contribution in [0.2, 0.25) is 0 Å². The standard InChI is InChI=1S/C14H21N5/c1-18-10-2-3-11(18)9-19(7-5-10)13-8-17-6-4-12(13)14(15)16/h4,6,8,10-11H,2-3,5,7,9H2,1H3,(H3,15,16). The minimum absolute atomic E-state index is 0.125. The van der Waals surface area contributed by atoms with Crippen LogP contribution in [-0.2, 0) is 0 Å². The Morgan fingerprint density at radius 1 is 1.37 bits per heavy atom. The number of rotatable bonds is 2. The van der Waals surface area contributed by atoms with Gasteiger partial charge in [0.15, 0.2) is 0 Å². The maximum Gasteiger partial charge on any atom is 0.125 e. The number of hydrogen-bond acceptors (Lipinski definition) is 4. The molecule has 3 N–H and O–H groups in total. The van der Waals surface area contributed by atoms with Crippen LogP contribution in [0.4, 0.5) is 5.69 Å². The van der Waals surface area contributed by atoms with Gasteiger partial charge in [-0.2, -0.15) is 0 Å². The molecule has 0 saturated carbocycles. The van der Waals surface area contributed by atoms with Gasteiger partial charge in [0.25, 0.3) is 0 Å². The second-order valence-electron chi connectivity index (χ2n) is 5.59. The number of nitrogen functional groups attached to an aromatic ring is 1. The summed E-state index contributed by atoms with van der Waals surface area (Å²) >= 11 is 0. The number of nitrogens with one attached hydrogen (secondary N) is 1. The highest BCUT2D eigenvalue weighted by Gasteiger charge is 2.35. The average molecular weight is 259 g/mol. The molecule has 102 valence electrons. The van der Waals surface area contributed by atoms with Crippen LogP contribution in [0.15, 0.2) is 18.5 Å². The molecule has 1 aromatic rings. The number of nitrogens with two attached hydrogens (primary N) is 1. The second-order valence-corrected chi connectivity index (χ2v) is 5.59. The van der Waals surface area contributed by atoms with E-state index in [1.807, 2.05) is 12.3 Å². The molecule has 3 rings (SSSR count). The Morgan fingerprint density at radius 3 is 2.95 bits per heavy atom. The van der Waals surface area contributed by atoms with Crippen molar-refractivity contribution in [3.8, 4) is 0 Å². The van der Waals surface area contributed by atoms with Crippen molar-refractivity contribution in [2.45, 2.75) is 31.3 Å². The van der Waals surface area contributed by atoms with E-state index in [1.54, 1.807) is 6.20 Å². The first-order valence-corrected chi connectivity index (χ1v) is 6.92. The lowest BCUT2D eigenvalue weighted by Gasteiger charge is -2.28. The molecule has 19 heavy (non-hydrogen) atoms. The van der Waals surface area contributed by atoms with Crippen molar-refractivity contribution in [2.24, 2.45) is 5.73 Å². The van der Waals surface area contributed by atoms with Crippen molar-refractivity contribution in [3.05, 3.63) is 24.0 Å². The van der Waals surface area contributed by atoms with Gasteiger partial charge in [-0.05, 0) is 32.4 Å². The molecule has 0 radical (unpaired) electrons. The Morgan fingerprint density at radius 2 is 2.16 bits per heavy atom. The molecule has 2 atom stereocenters. The second kappa shape index (κ2) is 4.81. The fourth-order valence-corrected chi connectivity index (χ4v) is 3.39. The van der Waals surface area contributed by atoms with E-state index in [1.165, 1.54) is 19.3 Å². The predicted molar refractivity (Wildman–Crippen MR) is 76.7 cm³/mol. The molecule has 5 heteroatoms. The molecule has 0 amide bonds. The molecule has 0 spiro atoms. The minimum atomic E-state index is 0.125. The summed E-state index contributed by atoms with van der Waals surface area (Å²) in [4.78, 5) is 9.08. The summed E-state index contributed by atoms with van der Waals surface area (Å²) < 4.78 is 0. The van der Waals surface area contributed by atoms with E-state index in [4.69, 9.17) is 11.1 Å². The minimum Gasteiger partial charge on any atom is -0.384 e. The lowest BCUT2D eigenvalue weighted by Crippen LogP contribution is -2.37. The molecule has 2 bridgehead atoms. The van der Waals surface area contributed by atoms with Crippen LogP contribution in [0.5, 0.6) is 0 Å². The summed E-state index contributed by atoms with van der Waals surface area (Å²) in [7, 11) is 2.24. The largest absolute Gasteiger partial charge is 0.384 e. The summed E-state index contributed by atoms with van der Waals surface area (Å²) in [6.45, 7) is 2.04. The molecule has 1 aromatic heterocycles. The van der Waals surface area contributed by atoms with Crippen molar-refractivity contribution >= 4 is 11.5 Å². The Kier molecular flexibility index (Phi) is 3.14. The third kappa shape index (κ3) is 2.18. The number of aromatic nitrogens is 1. The maximum absolute atomic E-state index is 7.71. The molecule has 2 unspecified atom stereocenters. The highest BCUT2D eigenvalue weighted by atomic mass is 15.3. The summed E-state index contributed by atoms with van der Waals surface area (Å²) in [5, 5.41) is 7.71. The Labute approximate surface area is 113 Å². The van der Waals surface area contributed by atoms with Crippen molar-refractivity contribution < 1.29 is 0 Å². The quantitative estimate of drug-likeness (QED) is 0.615. The number of nitrogens with zero attached hydrogens (tertiary/aromatic N) is 3. The van der Waals surface area contributed by atoms with Crippen LogP contribution >= 0.6 is 0 Å². The van der Waals surface area contributed by atoms with Gasteiger partial charge in [-0.3, -0.25) is 15.3 Å². The van der Waals surface area contributed by atoms with Crippen LogP contribution in [0.25, 0.3) is 0 Å². The van der Waals surface area contributed by atoms with Gasteiger partial charge in [-0.25, -0.2) is 0 Å². The van der Waals surface area contributed by atoms with E-state index in [2.05, 4.69) is 21.8 Å². The van der Waals surface area contributed by atoms with Crippen LogP contribution in [0.3, 0.4) is 0 Å². The van der Waals surface area contributed by atoms with Gasteiger partial charge >= 0.3 is 0 Å². The van der Waals surface area contributed by atoms with Crippen molar-refractivity contribution in [1.82, 2.24) is 9.88 Å². The van der Waals surface area contributed by atoms with Crippen LogP contribution in [0.1, 0.15) is 24.8 Å². The average Bonchev–Trinajstić information content (AvgIpc) is 2.63. The lowest BCUT2D eigenvalue weighted by atomic mass is 10.1. The van der Waals surface area contributed by atoms with E-state index in [9.17, 15) is 0 Å². The summed E-state index contributed by atoms with van der Waals surface area (Å²) in [5.41, 5.74) is 7.49. The maximum atomic E-state index is 7.71. The van der Waals surface area contributed by atoms with Gasteiger partial charge < -0.3 is 10.6 Å². The number of anilines is 1. The van der Waals surface area contributed by atoms with Gasteiger partial charge in [0.1, 0.15) is 5.84 Å². The van der Waals surface area contributed by atoms with Gasteiger partial charge in [0.05, 0.1) is 11.9 Å². The zero-order chi connectivity index (χ0) is 13.4. The Balaban J connectivity index is 1.89. The molecular weight excluding hydrogens is 238 g/mol. The highest BCUT2D eigenvalue weighted by Crippen LogP contribution is 2.31. The molecule has 2 fully saturated rings. The number of pyridine rings is 1. The molecule has 2 saturated heterocycles. The van der Waals surface area contributed by atoms with Crippen molar-refractivity contribution in [3.63, 3.8) is 0 Å². The first-order chi connectivity index (χ1) is 9.16. The zero-order valence-corrected chi connectivity index (χ0v) is 11.3. The zero-order valence-electron chi connectivity index (χ0n) is 11.3. The van der Waals surface area contributed by atoms with Crippen molar-refractivity contribution in [1.29, 1.82) is 5.41 Å². The predicted octanol–water partition coefficient (Wildman–Crippen LogP) is 1.04.